The minimum absolute atomic E-state index is 0.241. The average Bonchev–Trinajstić information content (AvgIpc) is 2.75. The van der Waals surface area contributed by atoms with Crippen molar-refractivity contribution in [2.75, 3.05) is 13.9 Å². The van der Waals surface area contributed by atoms with Gasteiger partial charge in [0.1, 0.15) is 11.4 Å². The summed E-state index contributed by atoms with van der Waals surface area (Å²) >= 11 is 0. The summed E-state index contributed by atoms with van der Waals surface area (Å²) in [7, 11) is 3.44. The molecule has 0 spiro atoms. The minimum atomic E-state index is 0.241. The van der Waals surface area contributed by atoms with E-state index in [1.54, 1.807) is 11.8 Å². The van der Waals surface area contributed by atoms with Crippen LogP contribution in [0.2, 0.25) is 0 Å². The van der Waals surface area contributed by atoms with Crippen LogP contribution in [0.5, 0.6) is 5.75 Å². The molecule has 0 fully saturated rings. The predicted molar refractivity (Wildman–Crippen MR) is 63.7 cm³/mol. The van der Waals surface area contributed by atoms with E-state index in [0.29, 0.717) is 0 Å². The Morgan fingerprint density at radius 1 is 1.35 bits per heavy atom. The third-order valence-electron chi connectivity index (χ3n) is 2.42. The van der Waals surface area contributed by atoms with Crippen LogP contribution in [0.25, 0.3) is 11.3 Å². The van der Waals surface area contributed by atoms with Gasteiger partial charge in [-0.15, -0.1) is 5.10 Å². The van der Waals surface area contributed by atoms with Crippen LogP contribution in [0.4, 0.5) is 0 Å². The molecule has 1 aromatic carbocycles. The van der Waals surface area contributed by atoms with Crippen LogP contribution in [0.3, 0.4) is 0 Å². The van der Waals surface area contributed by atoms with Crippen LogP contribution >= 0.6 is 0 Å². The molecule has 5 nitrogen and oxygen atoms in total. The first kappa shape index (κ1) is 11.6. The van der Waals surface area contributed by atoms with Crippen molar-refractivity contribution in [3.63, 3.8) is 0 Å². The van der Waals surface area contributed by atoms with E-state index in [1.807, 2.05) is 38.4 Å². The fraction of sp³-hybridized carbons (Fsp3) is 0.333. The Morgan fingerprint density at radius 3 is 2.82 bits per heavy atom. The van der Waals surface area contributed by atoms with Gasteiger partial charge in [-0.1, -0.05) is 17.3 Å². The molecule has 0 bridgehead atoms. The highest BCUT2D eigenvalue weighted by Crippen LogP contribution is 2.25. The van der Waals surface area contributed by atoms with Crippen molar-refractivity contribution >= 4 is 0 Å². The lowest BCUT2D eigenvalue weighted by Crippen LogP contribution is -2.00. The molecule has 90 valence electrons. The molecule has 0 amide bonds. The van der Waals surface area contributed by atoms with Crippen molar-refractivity contribution in [2.45, 2.75) is 6.92 Å². The van der Waals surface area contributed by atoms with E-state index in [-0.39, 0.29) is 6.79 Å². The fourth-order valence-electron chi connectivity index (χ4n) is 1.52. The average molecular weight is 233 g/mol. The van der Waals surface area contributed by atoms with E-state index >= 15 is 0 Å². The van der Waals surface area contributed by atoms with Crippen LogP contribution in [0.15, 0.2) is 24.4 Å². The van der Waals surface area contributed by atoms with Crippen molar-refractivity contribution in [1.82, 2.24) is 15.0 Å². The smallest absolute Gasteiger partial charge is 0.188 e. The molecule has 0 radical (unpaired) electrons. The largest absolute Gasteiger partial charge is 0.467 e. The summed E-state index contributed by atoms with van der Waals surface area (Å²) in [6.07, 6.45) is 1.87. The first-order chi connectivity index (χ1) is 8.20. The van der Waals surface area contributed by atoms with E-state index in [2.05, 4.69) is 10.3 Å². The van der Waals surface area contributed by atoms with E-state index in [0.717, 1.165) is 22.6 Å². The molecular formula is C12H15N3O2. The van der Waals surface area contributed by atoms with E-state index in [1.165, 1.54) is 0 Å². The van der Waals surface area contributed by atoms with Gasteiger partial charge in [-0.25, -0.2) is 0 Å². The zero-order valence-electron chi connectivity index (χ0n) is 10.2. The third kappa shape index (κ3) is 2.62. The molecule has 0 aliphatic carbocycles. The second kappa shape index (κ2) is 4.97. The van der Waals surface area contributed by atoms with Crippen LogP contribution in [-0.4, -0.2) is 28.9 Å². The molecule has 5 heteroatoms. The Hall–Kier alpha value is -1.88. The van der Waals surface area contributed by atoms with Gasteiger partial charge in [-0.2, -0.15) is 0 Å². The molecule has 1 heterocycles. The van der Waals surface area contributed by atoms with Gasteiger partial charge in [0, 0.05) is 19.7 Å². The molecule has 0 unspecified atom stereocenters. The maximum atomic E-state index is 5.48. The van der Waals surface area contributed by atoms with Gasteiger partial charge >= 0.3 is 0 Å². The number of nitrogens with zero attached hydrogens (tertiary/aromatic N) is 3. The number of ether oxygens (including phenoxy) is 2. The number of methoxy groups -OCH3 is 1. The molecule has 17 heavy (non-hydrogen) atoms. The fourth-order valence-corrected chi connectivity index (χ4v) is 1.52. The van der Waals surface area contributed by atoms with Crippen molar-refractivity contribution in [1.29, 1.82) is 0 Å². The monoisotopic (exact) mass is 233 g/mol. The molecule has 0 saturated carbocycles. The maximum absolute atomic E-state index is 5.48. The van der Waals surface area contributed by atoms with Crippen LogP contribution in [0.1, 0.15) is 5.56 Å². The van der Waals surface area contributed by atoms with Gasteiger partial charge in [-0.05, 0) is 18.6 Å². The van der Waals surface area contributed by atoms with Gasteiger partial charge < -0.3 is 9.47 Å². The van der Waals surface area contributed by atoms with Gasteiger partial charge in [0.15, 0.2) is 6.79 Å². The second-order valence-electron chi connectivity index (χ2n) is 3.81. The van der Waals surface area contributed by atoms with Crippen molar-refractivity contribution < 1.29 is 9.47 Å². The van der Waals surface area contributed by atoms with Crippen molar-refractivity contribution in [3.05, 3.63) is 30.0 Å². The lowest BCUT2D eigenvalue weighted by molar-refractivity contribution is 0.0507. The lowest BCUT2D eigenvalue weighted by atomic mass is 10.1. The summed E-state index contributed by atoms with van der Waals surface area (Å²) < 4.78 is 12.0. The van der Waals surface area contributed by atoms with E-state index in [9.17, 15) is 0 Å². The topological polar surface area (TPSA) is 49.2 Å². The van der Waals surface area contributed by atoms with Gasteiger partial charge in [-0.3, -0.25) is 4.68 Å². The third-order valence-corrected chi connectivity index (χ3v) is 2.42. The molecule has 1 aromatic heterocycles. The molecule has 0 aliphatic rings. The Morgan fingerprint density at radius 2 is 2.18 bits per heavy atom. The molecule has 2 aromatic rings. The number of benzene rings is 1. The summed E-state index contributed by atoms with van der Waals surface area (Å²) in [5.41, 5.74) is 2.87. The number of rotatable bonds is 4. The standard InChI is InChI=1S/C12H15N3O2/c1-9-4-5-10(6-12(9)17-8-16-3)11-7-15(2)14-13-11/h4-7H,8H2,1-3H3. The summed E-state index contributed by atoms with van der Waals surface area (Å²) in [5, 5.41) is 7.97. The number of hydrogen-bond donors (Lipinski definition) is 0. The molecule has 2 rings (SSSR count). The molecule has 0 atom stereocenters. The highest BCUT2D eigenvalue weighted by Gasteiger charge is 2.06. The summed E-state index contributed by atoms with van der Waals surface area (Å²) in [6.45, 7) is 2.23. The molecular weight excluding hydrogens is 218 g/mol. The van der Waals surface area contributed by atoms with Gasteiger partial charge in [0.25, 0.3) is 0 Å². The predicted octanol–water partition coefficient (Wildman–Crippen LogP) is 1.77. The number of aryl methyl sites for hydroxylation is 2. The van der Waals surface area contributed by atoms with Crippen molar-refractivity contribution in [3.8, 4) is 17.0 Å². The summed E-state index contributed by atoms with van der Waals surface area (Å²) in [5.74, 6) is 0.801. The molecule has 0 aliphatic heterocycles. The first-order valence-electron chi connectivity index (χ1n) is 5.30. The second-order valence-corrected chi connectivity index (χ2v) is 3.81. The Bertz CT molecular complexity index is 508. The number of aromatic nitrogens is 3. The normalized spacial score (nSPS) is 10.5. The summed E-state index contributed by atoms with van der Waals surface area (Å²) in [6, 6.07) is 5.94. The minimum Gasteiger partial charge on any atom is -0.467 e. The highest BCUT2D eigenvalue weighted by atomic mass is 16.7. The summed E-state index contributed by atoms with van der Waals surface area (Å²) in [4.78, 5) is 0. The Kier molecular flexibility index (Phi) is 3.39. The van der Waals surface area contributed by atoms with E-state index < -0.39 is 0 Å². The van der Waals surface area contributed by atoms with Crippen LogP contribution in [-0.2, 0) is 11.8 Å². The highest BCUT2D eigenvalue weighted by molar-refractivity contribution is 5.61. The zero-order valence-corrected chi connectivity index (χ0v) is 10.2. The van der Waals surface area contributed by atoms with E-state index in [4.69, 9.17) is 9.47 Å². The SMILES string of the molecule is COCOc1cc(-c2cn(C)nn2)ccc1C. The zero-order chi connectivity index (χ0) is 12.3. The Balaban J connectivity index is 2.30. The van der Waals surface area contributed by atoms with Gasteiger partial charge in [0.05, 0.1) is 6.20 Å². The number of hydrogen-bond acceptors (Lipinski definition) is 4. The quantitative estimate of drug-likeness (QED) is 0.755. The van der Waals surface area contributed by atoms with Crippen LogP contribution in [0, 0.1) is 6.92 Å². The maximum Gasteiger partial charge on any atom is 0.188 e. The van der Waals surface area contributed by atoms with Crippen LogP contribution < -0.4 is 4.74 Å². The lowest BCUT2D eigenvalue weighted by Gasteiger charge is -2.08. The van der Waals surface area contributed by atoms with Gasteiger partial charge in [0.2, 0.25) is 0 Å². The first-order valence-corrected chi connectivity index (χ1v) is 5.30. The molecule has 0 N–H and O–H groups in total. The molecule has 0 saturated heterocycles. The van der Waals surface area contributed by atoms with Crippen molar-refractivity contribution in [2.24, 2.45) is 7.05 Å². The Labute approximate surface area is 100.0 Å².